The summed E-state index contributed by atoms with van der Waals surface area (Å²) in [6.07, 6.45) is 6.02. The highest BCUT2D eigenvalue weighted by molar-refractivity contribution is 5.71. The molecule has 1 aromatic carbocycles. The predicted molar refractivity (Wildman–Crippen MR) is 122 cm³/mol. The summed E-state index contributed by atoms with van der Waals surface area (Å²) >= 11 is 0. The molecule has 3 nitrogen and oxygen atoms in total. The number of carboxylic acids is 1. The van der Waals surface area contributed by atoms with Crippen molar-refractivity contribution in [2.75, 3.05) is 6.61 Å². The van der Waals surface area contributed by atoms with Gasteiger partial charge in [0, 0.05) is 5.56 Å². The minimum atomic E-state index is -0.869. The molecule has 0 aliphatic carbocycles. The molecule has 0 atom stereocenters. The minimum Gasteiger partial charge on any atom is -0.489 e. The highest BCUT2D eigenvalue weighted by Crippen LogP contribution is 2.20. The van der Waals surface area contributed by atoms with Gasteiger partial charge in [0.25, 0.3) is 0 Å². The lowest BCUT2D eigenvalue weighted by Gasteiger charge is -2.11. The Bertz CT molecular complexity index is 702. The van der Waals surface area contributed by atoms with Crippen LogP contribution in [0.15, 0.2) is 84.5 Å². The smallest absolute Gasteiger partial charge is 0.307 e. The number of rotatable bonds is 8. The first-order valence-corrected chi connectivity index (χ1v) is 9.43. The standard InChI is InChI=1S/C21H26O3.C2H6.C2H4/c1-6-18(12-17(5)16(4)11-15(2)3)14-24-20-10-8-7-9-19(20)13-21(22)23;2*1-2/h6-12H,4,13-14H2,1-3,5H3,(H,22,23);1-2H3;1-2H2/b17-12+,18-6+;;. The molecule has 154 valence electrons. The van der Waals surface area contributed by atoms with Gasteiger partial charge in [-0.25, -0.2) is 0 Å². The maximum absolute atomic E-state index is 10.9. The van der Waals surface area contributed by atoms with Gasteiger partial charge < -0.3 is 9.84 Å². The minimum absolute atomic E-state index is 0.0480. The Morgan fingerprint density at radius 3 is 2.18 bits per heavy atom. The van der Waals surface area contributed by atoms with Gasteiger partial charge in [0.05, 0.1) is 6.42 Å². The van der Waals surface area contributed by atoms with Crippen molar-refractivity contribution < 1.29 is 14.6 Å². The Kier molecular flexibility index (Phi) is 16.0. The molecule has 0 unspecified atom stereocenters. The number of hydrogen-bond acceptors (Lipinski definition) is 2. The van der Waals surface area contributed by atoms with Crippen molar-refractivity contribution in [1.82, 2.24) is 0 Å². The van der Waals surface area contributed by atoms with E-state index in [0.29, 0.717) is 17.9 Å². The van der Waals surface area contributed by atoms with E-state index in [4.69, 9.17) is 9.84 Å². The van der Waals surface area contributed by atoms with Crippen molar-refractivity contribution in [3.8, 4) is 5.75 Å². The second-order valence-corrected chi connectivity index (χ2v) is 5.90. The molecule has 0 aromatic heterocycles. The zero-order valence-electron chi connectivity index (χ0n) is 18.3. The average Bonchev–Trinajstić information content (AvgIpc) is 2.68. The Morgan fingerprint density at radius 2 is 1.68 bits per heavy atom. The Labute approximate surface area is 171 Å². The van der Waals surface area contributed by atoms with Crippen LogP contribution in [0.3, 0.4) is 0 Å². The molecular formula is C25H36O3. The highest BCUT2D eigenvalue weighted by atomic mass is 16.5. The van der Waals surface area contributed by atoms with E-state index in [1.54, 1.807) is 12.1 Å². The molecule has 1 aromatic rings. The molecule has 3 heteroatoms. The molecule has 1 rings (SSSR count). The van der Waals surface area contributed by atoms with Crippen LogP contribution in [0.1, 0.15) is 47.1 Å². The summed E-state index contributed by atoms with van der Waals surface area (Å²) in [7, 11) is 0. The van der Waals surface area contributed by atoms with Gasteiger partial charge in [0.1, 0.15) is 12.4 Å². The zero-order chi connectivity index (χ0) is 22.1. The summed E-state index contributed by atoms with van der Waals surface area (Å²) in [6.45, 7) is 22.5. The second-order valence-electron chi connectivity index (χ2n) is 5.90. The van der Waals surface area contributed by atoms with E-state index < -0.39 is 5.97 Å². The third-order valence-electron chi connectivity index (χ3n) is 3.45. The normalized spacial score (nSPS) is 10.5. The summed E-state index contributed by atoms with van der Waals surface area (Å²) in [6, 6.07) is 7.23. The fourth-order valence-corrected chi connectivity index (χ4v) is 2.16. The van der Waals surface area contributed by atoms with Crippen LogP contribution in [0.4, 0.5) is 0 Å². The van der Waals surface area contributed by atoms with Gasteiger partial charge in [-0.05, 0) is 50.5 Å². The van der Waals surface area contributed by atoms with Crippen LogP contribution in [0.2, 0.25) is 0 Å². The summed E-state index contributed by atoms with van der Waals surface area (Å²) < 4.78 is 5.83. The lowest BCUT2D eigenvalue weighted by atomic mass is 10.0. The van der Waals surface area contributed by atoms with Crippen LogP contribution in [-0.2, 0) is 11.2 Å². The zero-order valence-corrected chi connectivity index (χ0v) is 18.3. The maximum atomic E-state index is 10.9. The summed E-state index contributed by atoms with van der Waals surface area (Å²) in [5.74, 6) is -0.264. The third kappa shape index (κ3) is 11.7. The monoisotopic (exact) mass is 384 g/mol. The van der Waals surface area contributed by atoms with Gasteiger partial charge in [-0.2, -0.15) is 0 Å². The molecule has 0 aliphatic rings. The first-order chi connectivity index (χ1) is 13.3. The number of hydrogen-bond donors (Lipinski definition) is 1. The Morgan fingerprint density at radius 1 is 1.11 bits per heavy atom. The van der Waals surface area contributed by atoms with E-state index in [9.17, 15) is 4.79 Å². The highest BCUT2D eigenvalue weighted by Gasteiger charge is 2.08. The van der Waals surface area contributed by atoms with Crippen LogP contribution in [0, 0.1) is 0 Å². The number of carboxylic acid groups (broad SMARTS) is 1. The Hall–Kier alpha value is -2.81. The van der Waals surface area contributed by atoms with Crippen molar-refractivity contribution in [2.24, 2.45) is 0 Å². The van der Waals surface area contributed by atoms with E-state index in [0.717, 1.165) is 16.7 Å². The van der Waals surface area contributed by atoms with Crippen molar-refractivity contribution in [2.45, 2.75) is 48.0 Å². The van der Waals surface area contributed by atoms with Crippen molar-refractivity contribution >= 4 is 5.97 Å². The molecule has 0 saturated carbocycles. The van der Waals surface area contributed by atoms with Crippen molar-refractivity contribution in [3.05, 3.63) is 90.1 Å². The van der Waals surface area contributed by atoms with Gasteiger partial charge in [0.2, 0.25) is 0 Å². The molecule has 0 aliphatic heterocycles. The fraction of sp³-hybridized carbons (Fsp3) is 0.320. The van der Waals surface area contributed by atoms with Gasteiger partial charge in [0.15, 0.2) is 0 Å². The van der Waals surface area contributed by atoms with Gasteiger partial charge in [-0.3, -0.25) is 4.79 Å². The molecule has 0 heterocycles. The molecule has 0 radical (unpaired) electrons. The molecule has 0 bridgehead atoms. The molecule has 0 fully saturated rings. The SMILES string of the molecule is C=C.C=C(C=C(C)C)/C(C)=C/C(=C\C)COc1ccccc1CC(=O)O.CC. The number of ether oxygens (including phenoxy) is 1. The lowest BCUT2D eigenvalue weighted by molar-refractivity contribution is -0.136. The summed E-state index contributed by atoms with van der Waals surface area (Å²) in [5.41, 5.74) is 4.94. The van der Waals surface area contributed by atoms with Crippen molar-refractivity contribution in [1.29, 1.82) is 0 Å². The van der Waals surface area contributed by atoms with Gasteiger partial charge in [-0.1, -0.05) is 62.4 Å². The predicted octanol–water partition coefficient (Wildman–Crippen LogP) is 6.94. The first kappa shape index (κ1) is 27.4. The van der Waals surface area contributed by atoms with Gasteiger partial charge >= 0.3 is 5.97 Å². The quantitative estimate of drug-likeness (QED) is 0.390. The van der Waals surface area contributed by atoms with Crippen LogP contribution in [-0.4, -0.2) is 17.7 Å². The first-order valence-electron chi connectivity index (χ1n) is 9.43. The molecular weight excluding hydrogens is 348 g/mol. The molecule has 1 N–H and O–H groups in total. The van der Waals surface area contributed by atoms with Crippen LogP contribution in [0.25, 0.3) is 0 Å². The Balaban J connectivity index is 0. The number of para-hydroxylation sites is 1. The maximum Gasteiger partial charge on any atom is 0.307 e. The van der Waals surface area contributed by atoms with E-state index in [-0.39, 0.29) is 6.42 Å². The van der Waals surface area contributed by atoms with Crippen LogP contribution >= 0.6 is 0 Å². The van der Waals surface area contributed by atoms with E-state index in [1.165, 1.54) is 5.57 Å². The van der Waals surface area contributed by atoms with Crippen LogP contribution < -0.4 is 4.74 Å². The summed E-state index contributed by atoms with van der Waals surface area (Å²) in [4.78, 5) is 10.9. The lowest BCUT2D eigenvalue weighted by Crippen LogP contribution is -2.06. The number of benzene rings is 1. The van der Waals surface area contributed by atoms with Gasteiger partial charge in [-0.15, -0.1) is 13.2 Å². The summed E-state index contributed by atoms with van der Waals surface area (Å²) in [5, 5.41) is 8.98. The molecule has 0 amide bonds. The molecule has 28 heavy (non-hydrogen) atoms. The third-order valence-corrected chi connectivity index (χ3v) is 3.45. The average molecular weight is 385 g/mol. The largest absolute Gasteiger partial charge is 0.489 e. The topological polar surface area (TPSA) is 46.5 Å². The van der Waals surface area contributed by atoms with Crippen molar-refractivity contribution in [3.63, 3.8) is 0 Å². The second kappa shape index (κ2) is 16.4. The molecule has 0 spiro atoms. The number of allylic oxidation sites excluding steroid dienone is 5. The van der Waals surface area contributed by atoms with E-state index in [1.807, 2.05) is 71.9 Å². The molecule has 0 saturated heterocycles. The van der Waals surface area contributed by atoms with E-state index >= 15 is 0 Å². The fourth-order valence-electron chi connectivity index (χ4n) is 2.16. The van der Waals surface area contributed by atoms with Crippen LogP contribution in [0.5, 0.6) is 5.75 Å². The number of aliphatic carboxylic acids is 1. The number of carbonyl (C=O) groups is 1. The van der Waals surface area contributed by atoms with E-state index in [2.05, 4.69) is 19.7 Å².